The third kappa shape index (κ3) is 5.33. The van der Waals surface area contributed by atoms with Gasteiger partial charge in [-0.15, -0.1) is 6.58 Å². The zero-order chi connectivity index (χ0) is 20.6. The Morgan fingerprint density at radius 2 is 1.90 bits per heavy atom. The minimum absolute atomic E-state index is 0.158. The monoisotopic (exact) mass is 409 g/mol. The molecule has 0 atom stereocenters. The van der Waals surface area contributed by atoms with E-state index in [2.05, 4.69) is 22.2 Å². The number of benzene rings is 2. The highest BCUT2D eigenvalue weighted by molar-refractivity contribution is 6.33. The summed E-state index contributed by atoms with van der Waals surface area (Å²) in [4.78, 5) is 28.8. The van der Waals surface area contributed by atoms with Gasteiger partial charge in [0.15, 0.2) is 11.7 Å². The Bertz CT molecular complexity index is 1030. The number of hydrogen-bond donors (Lipinski definition) is 2. The molecule has 0 radical (unpaired) electrons. The second-order valence-corrected chi connectivity index (χ2v) is 6.60. The number of aromatic nitrogens is 1. The third-order valence-electron chi connectivity index (χ3n) is 4.11. The average Bonchev–Trinajstić information content (AvgIpc) is 3.20. The quantitative estimate of drug-likeness (QED) is 0.537. The molecule has 0 aliphatic heterocycles. The van der Waals surface area contributed by atoms with Crippen LogP contribution in [0.1, 0.15) is 22.7 Å². The standard InChI is InChI=1S/C22H20ClN3O3/c1-2-13-24-22(28)16-8-4-6-10-18(16)26-20(27)11-12-21-25-14-19(29-21)15-7-3-5-9-17(15)23/h2-10,14H,1,11-13H2,(H,24,28)(H,26,27). The first-order chi connectivity index (χ1) is 14.1. The Kier molecular flexibility index (Phi) is 6.81. The van der Waals surface area contributed by atoms with Crippen LogP contribution in [-0.2, 0) is 11.2 Å². The Hall–Kier alpha value is -3.38. The summed E-state index contributed by atoms with van der Waals surface area (Å²) in [6, 6.07) is 14.1. The Labute approximate surface area is 173 Å². The molecule has 0 saturated carbocycles. The molecule has 0 aliphatic rings. The van der Waals surface area contributed by atoms with E-state index in [1.165, 1.54) is 0 Å². The fourth-order valence-electron chi connectivity index (χ4n) is 2.69. The lowest BCUT2D eigenvalue weighted by atomic mass is 10.1. The van der Waals surface area contributed by atoms with Gasteiger partial charge >= 0.3 is 0 Å². The number of anilines is 1. The number of para-hydroxylation sites is 1. The van der Waals surface area contributed by atoms with Gasteiger partial charge in [0.05, 0.1) is 22.5 Å². The van der Waals surface area contributed by atoms with E-state index in [1.807, 2.05) is 18.2 Å². The first-order valence-electron chi connectivity index (χ1n) is 9.06. The minimum atomic E-state index is -0.280. The van der Waals surface area contributed by atoms with Crippen LogP contribution >= 0.6 is 11.6 Å². The van der Waals surface area contributed by atoms with E-state index in [4.69, 9.17) is 16.0 Å². The zero-order valence-corrected chi connectivity index (χ0v) is 16.4. The number of amides is 2. The van der Waals surface area contributed by atoms with Crippen molar-refractivity contribution in [3.8, 4) is 11.3 Å². The van der Waals surface area contributed by atoms with Gasteiger partial charge in [0, 0.05) is 24.9 Å². The molecule has 2 amide bonds. The Morgan fingerprint density at radius 3 is 2.69 bits per heavy atom. The molecule has 0 fully saturated rings. The van der Waals surface area contributed by atoms with Crippen LogP contribution in [0.15, 0.2) is 71.8 Å². The maximum absolute atomic E-state index is 12.4. The lowest BCUT2D eigenvalue weighted by Gasteiger charge is -2.10. The number of nitrogens with zero attached hydrogens (tertiary/aromatic N) is 1. The molecular weight excluding hydrogens is 390 g/mol. The van der Waals surface area contributed by atoms with Crippen molar-refractivity contribution in [2.75, 3.05) is 11.9 Å². The molecule has 7 heteroatoms. The molecular formula is C22H20ClN3O3. The van der Waals surface area contributed by atoms with E-state index in [1.54, 1.807) is 42.6 Å². The number of hydrogen-bond acceptors (Lipinski definition) is 4. The third-order valence-corrected chi connectivity index (χ3v) is 4.44. The topological polar surface area (TPSA) is 84.2 Å². The van der Waals surface area contributed by atoms with Gasteiger partial charge < -0.3 is 15.1 Å². The van der Waals surface area contributed by atoms with Crippen molar-refractivity contribution in [1.82, 2.24) is 10.3 Å². The van der Waals surface area contributed by atoms with Crippen LogP contribution in [0.5, 0.6) is 0 Å². The fraction of sp³-hybridized carbons (Fsp3) is 0.136. The lowest BCUT2D eigenvalue weighted by Crippen LogP contribution is -2.25. The summed E-state index contributed by atoms with van der Waals surface area (Å²) in [5, 5.41) is 6.04. The Morgan fingerprint density at radius 1 is 1.14 bits per heavy atom. The molecule has 3 rings (SSSR count). The van der Waals surface area contributed by atoms with Crippen molar-refractivity contribution < 1.29 is 14.0 Å². The minimum Gasteiger partial charge on any atom is -0.441 e. The molecule has 1 aromatic heterocycles. The molecule has 29 heavy (non-hydrogen) atoms. The van der Waals surface area contributed by atoms with E-state index >= 15 is 0 Å². The van der Waals surface area contributed by atoms with Gasteiger partial charge in [-0.05, 0) is 24.3 Å². The molecule has 0 spiro atoms. The fourth-order valence-corrected chi connectivity index (χ4v) is 2.92. The van der Waals surface area contributed by atoms with Gasteiger partial charge in [-0.1, -0.05) is 41.9 Å². The van der Waals surface area contributed by atoms with Crippen molar-refractivity contribution in [1.29, 1.82) is 0 Å². The molecule has 2 N–H and O–H groups in total. The van der Waals surface area contributed by atoms with E-state index in [-0.39, 0.29) is 18.2 Å². The number of rotatable bonds is 8. The van der Waals surface area contributed by atoms with Crippen molar-refractivity contribution in [2.45, 2.75) is 12.8 Å². The van der Waals surface area contributed by atoms with E-state index < -0.39 is 0 Å². The second-order valence-electron chi connectivity index (χ2n) is 6.19. The summed E-state index contributed by atoms with van der Waals surface area (Å²) in [6.07, 6.45) is 3.66. The number of halogens is 1. The first kappa shape index (κ1) is 20.4. The van der Waals surface area contributed by atoms with E-state index in [9.17, 15) is 9.59 Å². The van der Waals surface area contributed by atoms with Crippen LogP contribution in [0.4, 0.5) is 5.69 Å². The van der Waals surface area contributed by atoms with Crippen LogP contribution in [0.3, 0.4) is 0 Å². The molecule has 0 unspecified atom stereocenters. The van der Waals surface area contributed by atoms with Gasteiger partial charge in [-0.3, -0.25) is 9.59 Å². The van der Waals surface area contributed by atoms with Crippen LogP contribution in [0, 0.1) is 0 Å². The maximum Gasteiger partial charge on any atom is 0.253 e. The van der Waals surface area contributed by atoms with Crippen LogP contribution in [0.25, 0.3) is 11.3 Å². The highest BCUT2D eigenvalue weighted by Gasteiger charge is 2.14. The highest BCUT2D eigenvalue weighted by atomic mass is 35.5. The van der Waals surface area contributed by atoms with Gasteiger partial charge in [0.2, 0.25) is 5.91 Å². The predicted octanol–water partition coefficient (Wildman–Crippen LogP) is 4.48. The average molecular weight is 410 g/mol. The van der Waals surface area contributed by atoms with Gasteiger partial charge in [-0.2, -0.15) is 0 Å². The molecule has 3 aromatic rings. The van der Waals surface area contributed by atoms with Gasteiger partial charge in [0.1, 0.15) is 0 Å². The smallest absolute Gasteiger partial charge is 0.253 e. The molecule has 0 saturated heterocycles. The molecule has 148 valence electrons. The molecule has 0 bridgehead atoms. The first-order valence-corrected chi connectivity index (χ1v) is 9.44. The SMILES string of the molecule is C=CCNC(=O)c1ccccc1NC(=O)CCc1ncc(-c2ccccc2Cl)o1. The highest BCUT2D eigenvalue weighted by Crippen LogP contribution is 2.28. The summed E-state index contributed by atoms with van der Waals surface area (Å²) in [5.41, 5.74) is 1.58. The maximum atomic E-state index is 12.4. The summed E-state index contributed by atoms with van der Waals surface area (Å²) in [7, 11) is 0. The van der Waals surface area contributed by atoms with E-state index in [0.717, 1.165) is 5.56 Å². The van der Waals surface area contributed by atoms with Gasteiger partial charge in [0.25, 0.3) is 5.91 Å². The lowest BCUT2D eigenvalue weighted by molar-refractivity contribution is -0.116. The molecule has 1 heterocycles. The largest absolute Gasteiger partial charge is 0.441 e. The molecule has 6 nitrogen and oxygen atoms in total. The number of oxazole rings is 1. The van der Waals surface area contributed by atoms with Gasteiger partial charge in [-0.25, -0.2) is 4.98 Å². The summed E-state index contributed by atoms with van der Waals surface area (Å²) >= 11 is 6.17. The van der Waals surface area contributed by atoms with Crippen molar-refractivity contribution in [3.63, 3.8) is 0 Å². The predicted molar refractivity (Wildman–Crippen MR) is 113 cm³/mol. The zero-order valence-electron chi connectivity index (χ0n) is 15.7. The second kappa shape index (κ2) is 9.71. The van der Waals surface area contributed by atoms with E-state index in [0.29, 0.717) is 40.9 Å². The number of carbonyl (C=O) groups excluding carboxylic acids is 2. The Balaban J connectivity index is 1.61. The van der Waals surface area contributed by atoms with Crippen molar-refractivity contribution >= 4 is 29.1 Å². The van der Waals surface area contributed by atoms with Crippen LogP contribution < -0.4 is 10.6 Å². The number of carbonyl (C=O) groups is 2. The number of aryl methyl sites for hydroxylation is 1. The summed E-state index contributed by atoms with van der Waals surface area (Å²) < 4.78 is 5.71. The molecule has 2 aromatic carbocycles. The molecule has 0 aliphatic carbocycles. The van der Waals surface area contributed by atoms with Crippen molar-refractivity contribution in [3.05, 3.63) is 83.9 Å². The summed E-state index contributed by atoms with van der Waals surface area (Å²) in [5.74, 6) is 0.465. The normalized spacial score (nSPS) is 10.4. The summed E-state index contributed by atoms with van der Waals surface area (Å²) in [6.45, 7) is 3.92. The number of nitrogens with one attached hydrogen (secondary N) is 2. The van der Waals surface area contributed by atoms with Crippen molar-refractivity contribution in [2.24, 2.45) is 0 Å². The van der Waals surface area contributed by atoms with Crippen LogP contribution in [0.2, 0.25) is 5.02 Å². The van der Waals surface area contributed by atoms with Crippen LogP contribution in [-0.4, -0.2) is 23.3 Å².